The highest BCUT2D eigenvalue weighted by Crippen LogP contribution is 2.21. The summed E-state index contributed by atoms with van der Waals surface area (Å²) >= 11 is 0. The van der Waals surface area contributed by atoms with Gasteiger partial charge in [-0.25, -0.2) is 0 Å². The van der Waals surface area contributed by atoms with E-state index in [1.807, 2.05) is 18.2 Å². The van der Waals surface area contributed by atoms with E-state index >= 15 is 0 Å². The number of rotatable bonds is 18. The highest BCUT2D eigenvalue weighted by Gasteiger charge is 2.15. The molecule has 2 nitrogen and oxygen atoms in total. The standard InChI is InChI=1S/C26H45NOS/c1-4-5-6-7-8-9-10-11-12-13-14-15-16-17-18-23-26(28)27-24-21-19-20-22-25(24)29(2)3/h19-22H,4-18,23H2,1-3H3/p+1. The summed E-state index contributed by atoms with van der Waals surface area (Å²) in [6, 6.07) is 8.19. The van der Waals surface area contributed by atoms with Gasteiger partial charge < -0.3 is 5.32 Å². The Balaban J connectivity index is 1.92. The van der Waals surface area contributed by atoms with Crippen molar-refractivity contribution in [2.45, 2.75) is 115 Å². The van der Waals surface area contributed by atoms with Crippen LogP contribution >= 0.6 is 0 Å². The SMILES string of the molecule is CCCCCCCCCCCCCCCCCC(=O)Nc1ccccc1[S+](C)C. The van der Waals surface area contributed by atoms with E-state index < -0.39 is 0 Å². The fraction of sp³-hybridized carbons (Fsp3) is 0.731. The van der Waals surface area contributed by atoms with Gasteiger partial charge in [0.1, 0.15) is 12.5 Å². The normalized spacial score (nSPS) is 11.2. The first-order valence-electron chi connectivity index (χ1n) is 12.1. The first-order valence-corrected chi connectivity index (χ1v) is 14.2. The van der Waals surface area contributed by atoms with Crippen LogP contribution in [0.25, 0.3) is 0 Å². The topological polar surface area (TPSA) is 29.1 Å². The van der Waals surface area contributed by atoms with Crippen LogP contribution in [0.3, 0.4) is 0 Å². The molecule has 3 heteroatoms. The van der Waals surface area contributed by atoms with Crippen molar-refractivity contribution in [1.29, 1.82) is 0 Å². The van der Waals surface area contributed by atoms with Gasteiger partial charge in [0.15, 0.2) is 4.90 Å². The summed E-state index contributed by atoms with van der Waals surface area (Å²) in [7, 11) is 0.161. The molecule has 0 fully saturated rings. The average Bonchev–Trinajstić information content (AvgIpc) is 2.71. The first-order chi connectivity index (χ1) is 14.1. The monoisotopic (exact) mass is 420 g/mol. The van der Waals surface area contributed by atoms with Crippen LogP contribution in [0.2, 0.25) is 0 Å². The zero-order chi connectivity index (χ0) is 21.2. The lowest BCUT2D eigenvalue weighted by atomic mass is 10.0. The second kappa shape index (κ2) is 17.9. The smallest absolute Gasteiger partial charge is 0.224 e. The minimum Gasteiger partial charge on any atom is -0.322 e. The van der Waals surface area contributed by atoms with Gasteiger partial charge in [0, 0.05) is 17.3 Å². The van der Waals surface area contributed by atoms with Crippen molar-refractivity contribution in [3.8, 4) is 0 Å². The Kier molecular flexibility index (Phi) is 16.1. The van der Waals surface area contributed by atoms with Gasteiger partial charge in [-0.15, -0.1) is 0 Å². The van der Waals surface area contributed by atoms with Crippen molar-refractivity contribution >= 4 is 22.5 Å². The highest BCUT2D eigenvalue weighted by atomic mass is 32.2. The lowest BCUT2D eigenvalue weighted by Gasteiger charge is -2.08. The lowest BCUT2D eigenvalue weighted by molar-refractivity contribution is -0.116. The molecule has 1 amide bonds. The number of amides is 1. The quantitative estimate of drug-likeness (QED) is 0.188. The summed E-state index contributed by atoms with van der Waals surface area (Å²) in [5.41, 5.74) is 0.992. The molecule has 0 spiro atoms. The largest absolute Gasteiger partial charge is 0.322 e. The third kappa shape index (κ3) is 13.8. The molecule has 0 aromatic heterocycles. The van der Waals surface area contributed by atoms with E-state index in [-0.39, 0.29) is 16.8 Å². The van der Waals surface area contributed by atoms with Gasteiger partial charge in [0.2, 0.25) is 5.91 Å². The third-order valence-electron chi connectivity index (χ3n) is 5.61. The molecule has 0 saturated heterocycles. The van der Waals surface area contributed by atoms with Crippen LogP contribution in [0.15, 0.2) is 29.2 Å². The van der Waals surface area contributed by atoms with E-state index in [1.54, 1.807) is 0 Å². The van der Waals surface area contributed by atoms with E-state index in [0.717, 1.165) is 12.1 Å². The number of benzene rings is 1. The number of carbonyl (C=O) groups is 1. The number of hydrogen-bond donors (Lipinski definition) is 1. The van der Waals surface area contributed by atoms with Crippen molar-refractivity contribution in [1.82, 2.24) is 0 Å². The average molecular weight is 421 g/mol. The predicted octanol–water partition coefficient (Wildman–Crippen LogP) is 8.12. The van der Waals surface area contributed by atoms with Gasteiger partial charge in [0.05, 0.1) is 5.69 Å². The zero-order valence-electron chi connectivity index (χ0n) is 19.4. The van der Waals surface area contributed by atoms with Crippen molar-refractivity contribution in [2.75, 3.05) is 17.8 Å². The second-order valence-corrected chi connectivity index (χ2v) is 10.6. The van der Waals surface area contributed by atoms with E-state index in [4.69, 9.17) is 0 Å². The fourth-order valence-electron chi connectivity index (χ4n) is 3.80. The number of para-hydroxylation sites is 1. The van der Waals surface area contributed by atoms with Crippen LogP contribution < -0.4 is 5.32 Å². The number of carbonyl (C=O) groups excluding carboxylic acids is 1. The Morgan fingerprint density at radius 2 is 1.17 bits per heavy atom. The third-order valence-corrected chi connectivity index (χ3v) is 6.84. The molecule has 0 aliphatic carbocycles. The van der Waals surface area contributed by atoms with E-state index in [1.165, 1.54) is 94.8 Å². The summed E-state index contributed by atoms with van der Waals surface area (Å²) in [6.07, 6.45) is 25.4. The Hall–Kier alpha value is -0.960. The molecular formula is C26H46NOS+. The summed E-state index contributed by atoms with van der Waals surface area (Å²) in [5, 5.41) is 3.11. The van der Waals surface area contributed by atoms with Crippen LogP contribution in [-0.4, -0.2) is 18.4 Å². The molecule has 0 bridgehead atoms. The van der Waals surface area contributed by atoms with Crippen LogP contribution in [0.5, 0.6) is 0 Å². The minimum atomic E-state index is 0.161. The number of hydrogen-bond acceptors (Lipinski definition) is 1. The summed E-state index contributed by atoms with van der Waals surface area (Å²) in [6.45, 7) is 2.28. The molecule has 1 N–H and O–H groups in total. The maximum atomic E-state index is 12.2. The molecule has 0 saturated carbocycles. The molecule has 29 heavy (non-hydrogen) atoms. The molecule has 1 aromatic carbocycles. The van der Waals surface area contributed by atoms with Crippen molar-refractivity contribution in [3.63, 3.8) is 0 Å². The Morgan fingerprint density at radius 3 is 1.66 bits per heavy atom. The van der Waals surface area contributed by atoms with Gasteiger partial charge >= 0.3 is 0 Å². The highest BCUT2D eigenvalue weighted by molar-refractivity contribution is 7.95. The van der Waals surface area contributed by atoms with Crippen LogP contribution in [0.1, 0.15) is 110 Å². The van der Waals surface area contributed by atoms with Crippen LogP contribution in [-0.2, 0) is 15.7 Å². The lowest BCUT2D eigenvalue weighted by Crippen LogP contribution is -2.13. The van der Waals surface area contributed by atoms with E-state index in [0.29, 0.717) is 6.42 Å². The van der Waals surface area contributed by atoms with Gasteiger partial charge in [-0.05, 0) is 18.6 Å². The fourth-order valence-corrected chi connectivity index (χ4v) is 4.71. The van der Waals surface area contributed by atoms with E-state index in [2.05, 4.69) is 30.8 Å². The number of unbranched alkanes of at least 4 members (excludes halogenated alkanes) is 14. The Bertz CT molecular complexity index is 529. The molecule has 0 aliphatic heterocycles. The van der Waals surface area contributed by atoms with Crippen molar-refractivity contribution in [2.24, 2.45) is 0 Å². The molecule has 1 aromatic rings. The molecule has 1 rings (SSSR count). The van der Waals surface area contributed by atoms with Gasteiger partial charge in [-0.2, -0.15) is 0 Å². The molecule has 166 valence electrons. The summed E-state index contributed by atoms with van der Waals surface area (Å²) in [4.78, 5) is 13.5. The molecule has 0 aliphatic rings. The molecular weight excluding hydrogens is 374 g/mol. The van der Waals surface area contributed by atoms with Crippen molar-refractivity contribution in [3.05, 3.63) is 24.3 Å². The predicted molar refractivity (Wildman–Crippen MR) is 132 cm³/mol. The summed E-state index contributed by atoms with van der Waals surface area (Å²) < 4.78 is 0. The van der Waals surface area contributed by atoms with Gasteiger partial charge in [-0.3, -0.25) is 4.79 Å². The maximum absolute atomic E-state index is 12.2. The first kappa shape index (κ1) is 26.1. The maximum Gasteiger partial charge on any atom is 0.224 e. The van der Waals surface area contributed by atoms with Gasteiger partial charge in [0.25, 0.3) is 0 Å². The molecule has 0 unspecified atom stereocenters. The summed E-state index contributed by atoms with van der Waals surface area (Å²) in [5.74, 6) is 0.164. The Labute approximate surface area is 184 Å². The zero-order valence-corrected chi connectivity index (χ0v) is 20.3. The second-order valence-electron chi connectivity index (χ2n) is 8.56. The Morgan fingerprint density at radius 1 is 0.724 bits per heavy atom. The molecule has 0 radical (unpaired) electrons. The molecule has 0 heterocycles. The van der Waals surface area contributed by atoms with Crippen LogP contribution in [0, 0.1) is 0 Å². The van der Waals surface area contributed by atoms with Gasteiger partial charge in [-0.1, -0.05) is 109 Å². The van der Waals surface area contributed by atoms with Crippen LogP contribution in [0.4, 0.5) is 5.69 Å². The van der Waals surface area contributed by atoms with Crippen molar-refractivity contribution < 1.29 is 4.79 Å². The number of anilines is 1. The minimum absolute atomic E-state index is 0.161. The number of nitrogens with one attached hydrogen (secondary N) is 1. The molecule has 0 atom stereocenters. The van der Waals surface area contributed by atoms with E-state index in [9.17, 15) is 4.79 Å².